The second kappa shape index (κ2) is 6.19. The van der Waals surface area contributed by atoms with Gasteiger partial charge in [0.2, 0.25) is 5.91 Å². The molecular weight excluding hydrogens is 226 g/mol. The van der Waals surface area contributed by atoms with Gasteiger partial charge in [0, 0.05) is 7.05 Å². The Morgan fingerprint density at radius 2 is 2.06 bits per heavy atom. The quantitative estimate of drug-likeness (QED) is 0.805. The predicted octanol–water partition coefficient (Wildman–Crippen LogP) is 2.28. The average Bonchev–Trinajstić information content (AvgIpc) is 2.36. The lowest BCUT2D eigenvalue weighted by Crippen LogP contribution is -2.38. The van der Waals surface area contributed by atoms with E-state index in [1.54, 1.807) is 7.05 Å². The van der Waals surface area contributed by atoms with E-state index in [9.17, 15) is 9.90 Å². The van der Waals surface area contributed by atoms with Crippen LogP contribution in [-0.2, 0) is 4.79 Å². The van der Waals surface area contributed by atoms with Crippen molar-refractivity contribution in [3.05, 3.63) is 23.3 Å². The largest absolute Gasteiger partial charge is 0.388 e. The summed E-state index contributed by atoms with van der Waals surface area (Å²) in [6, 6.07) is 0. The monoisotopic (exact) mass is 251 g/mol. The topological polar surface area (TPSA) is 49.3 Å². The number of amides is 1. The van der Waals surface area contributed by atoms with Crippen molar-refractivity contribution in [3.8, 4) is 0 Å². The van der Waals surface area contributed by atoms with Crippen LogP contribution in [0.15, 0.2) is 23.3 Å². The van der Waals surface area contributed by atoms with Crippen LogP contribution < -0.4 is 5.32 Å². The number of aliphatic hydroxyl groups excluding tert-OH is 1. The van der Waals surface area contributed by atoms with Gasteiger partial charge in [-0.1, -0.05) is 39.8 Å². The number of nitrogens with one attached hydrogen (secondary N) is 1. The van der Waals surface area contributed by atoms with E-state index in [-0.39, 0.29) is 11.8 Å². The molecule has 0 fully saturated rings. The Morgan fingerprint density at radius 3 is 2.50 bits per heavy atom. The van der Waals surface area contributed by atoms with Gasteiger partial charge in [0.15, 0.2) is 0 Å². The van der Waals surface area contributed by atoms with Gasteiger partial charge in [-0.15, -0.1) is 0 Å². The molecular formula is C15H25NO2. The lowest BCUT2D eigenvalue weighted by Gasteiger charge is -2.30. The predicted molar refractivity (Wildman–Crippen MR) is 74.0 cm³/mol. The molecule has 0 aliphatic heterocycles. The zero-order valence-corrected chi connectivity index (χ0v) is 12.0. The molecule has 0 saturated carbocycles. The van der Waals surface area contributed by atoms with Crippen molar-refractivity contribution in [2.45, 2.75) is 40.2 Å². The Balaban J connectivity index is 3.12. The molecule has 1 rings (SSSR count). The Hall–Kier alpha value is -1.09. The van der Waals surface area contributed by atoms with E-state index in [0.717, 1.165) is 12.0 Å². The molecule has 2 N–H and O–H groups in total. The van der Waals surface area contributed by atoms with Crippen LogP contribution in [-0.4, -0.2) is 24.2 Å². The van der Waals surface area contributed by atoms with Gasteiger partial charge >= 0.3 is 0 Å². The first kappa shape index (κ1) is 15.0. The van der Waals surface area contributed by atoms with Gasteiger partial charge in [-0.2, -0.15) is 0 Å². The molecule has 3 atom stereocenters. The van der Waals surface area contributed by atoms with E-state index in [1.165, 1.54) is 5.57 Å². The highest BCUT2D eigenvalue weighted by Crippen LogP contribution is 2.32. The third kappa shape index (κ3) is 3.02. The standard InChI is InChI=1S/C15H25NO2/c1-6-10(4)11-7-12(9(2)3)14(17)13(8-11)15(18)16-5/h7-10,13-14,17H,6H2,1-5H3,(H,16,18). The minimum Gasteiger partial charge on any atom is -0.388 e. The number of hydrogen-bond acceptors (Lipinski definition) is 2. The minimum absolute atomic E-state index is 0.116. The highest BCUT2D eigenvalue weighted by molar-refractivity contribution is 5.82. The molecule has 0 bridgehead atoms. The summed E-state index contributed by atoms with van der Waals surface area (Å²) in [6.07, 6.45) is 4.33. The first-order chi connectivity index (χ1) is 8.42. The summed E-state index contributed by atoms with van der Waals surface area (Å²) in [5, 5.41) is 12.9. The van der Waals surface area contributed by atoms with Gasteiger partial charge in [-0.25, -0.2) is 0 Å². The first-order valence-corrected chi connectivity index (χ1v) is 6.75. The summed E-state index contributed by atoms with van der Waals surface area (Å²) < 4.78 is 0. The highest BCUT2D eigenvalue weighted by atomic mass is 16.3. The van der Waals surface area contributed by atoms with Crippen LogP contribution in [0.25, 0.3) is 0 Å². The van der Waals surface area contributed by atoms with E-state index in [2.05, 4.69) is 39.1 Å². The number of carbonyl (C=O) groups is 1. The van der Waals surface area contributed by atoms with Crippen molar-refractivity contribution in [1.29, 1.82) is 0 Å². The molecule has 0 radical (unpaired) electrons. The maximum absolute atomic E-state index is 11.9. The van der Waals surface area contributed by atoms with Crippen molar-refractivity contribution < 1.29 is 9.90 Å². The fourth-order valence-electron chi connectivity index (χ4n) is 2.27. The number of hydrogen-bond donors (Lipinski definition) is 2. The van der Waals surface area contributed by atoms with E-state index in [4.69, 9.17) is 0 Å². The van der Waals surface area contributed by atoms with Crippen molar-refractivity contribution in [3.63, 3.8) is 0 Å². The summed E-state index contributed by atoms with van der Waals surface area (Å²) in [5.74, 6) is 0.0919. The molecule has 0 heterocycles. The molecule has 0 aromatic carbocycles. The van der Waals surface area contributed by atoms with Crippen LogP contribution in [0, 0.1) is 17.8 Å². The molecule has 1 amide bonds. The van der Waals surface area contributed by atoms with Crippen molar-refractivity contribution in [2.75, 3.05) is 7.05 Å². The molecule has 0 saturated heterocycles. The van der Waals surface area contributed by atoms with Gasteiger partial charge in [-0.05, 0) is 29.4 Å². The summed E-state index contributed by atoms with van der Waals surface area (Å²) in [5.41, 5.74) is 2.13. The maximum Gasteiger partial charge on any atom is 0.229 e. The van der Waals surface area contributed by atoms with Crippen LogP contribution in [0.4, 0.5) is 0 Å². The van der Waals surface area contributed by atoms with Crippen molar-refractivity contribution >= 4 is 5.91 Å². The number of allylic oxidation sites excluding steroid dienone is 2. The van der Waals surface area contributed by atoms with E-state index in [0.29, 0.717) is 5.92 Å². The van der Waals surface area contributed by atoms with Gasteiger partial charge in [-0.3, -0.25) is 4.79 Å². The lowest BCUT2D eigenvalue weighted by molar-refractivity contribution is -0.125. The van der Waals surface area contributed by atoms with Crippen molar-refractivity contribution in [1.82, 2.24) is 5.32 Å². The SMILES string of the molecule is CCC(C)C1=CC(C(=O)NC)C(O)C(C(C)C)=C1. The number of rotatable bonds is 4. The van der Waals surface area contributed by atoms with Gasteiger partial charge in [0.25, 0.3) is 0 Å². The molecule has 18 heavy (non-hydrogen) atoms. The summed E-state index contributed by atoms with van der Waals surface area (Å²) >= 11 is 0. The fraction of sp³-hybridized carbons (Fsp3) is 0.667. The van der Waals surface area contributed by atoms with E-state index < -0.39 is 12.0 Å². The van der Waals surface area contributed by atoms with Gasteiger partial charge in [0.1, 0.15) is 0 Å². The Kier molecular flexibility index (Phi) is 5.15. The molecule has 3 nitrogen and oxygen atoms in total. The molecule has 0 spiro atoms. The molecule has 102 valence electrons. The molecule has 0 aromatic rings. The smallest absolute Gasteiger partial charge is 0.229 e. The lowest BCUT2D eigenvalue weighted by atomic mass is 9.79. The highest BCUT2D eigenvalue weighted by Gasteiger charge is 2.32. The second-order valence-corrected chi connectivity index (χ2v) is 5.36. The summed E-state index contributed by atoms with van der Waals surface area (Å²) in [6.45, 7) is 8.39. The first-order valence-electron chi connectivity index (χ1n) is 6.75. The summed E-state index contributed by atoms with van der Waals surface area (Å²) in [7, 11) is 1.61. The summed E-state index contributed by atoms with van der Waals surface area (Å²) in [4.78, 5) is 11.9. The maximum atomic E-state index is 11.9. The minimum atomic E-state index is -0.697. The van der Waals surface area contributed by atoms with Gasteiger partial charge < -0.3 is 10.4 Å². The Morgan fingerprint density at radius 1 is 1.44 bits per heavy atom. The number of carbonyl (C=O) groups excluding carboxylic acids is 1. The average molecular weight is 251 g/mol. The van der Waals surface area contributed by atoms with Gasteiger partial charge in [0.05, 0.1) is 12.0 Å². The zero-order chi connectivity index (χ0) is 13.9. The van der Waals surface area contributed by atoms with Crippen LogP contribution in [0.1, 0.15) is 34.1 Å². The third-order valence-electron chi connectivity index (χ3n) is 3.78. The van der Waals surface area contributed by atoms with Crippen LogP contribution in [0.3, 0.4) is 0 Å². The molecule has 3 heteroatoms. The van der Waals surface area contributed by atoms with E-state index >= 15 is 0 Å². The number of aliphatic hydroxyl groups is 1. The Bertz CT molecular complexity index is 369. The molecule has 3 unspecified atom stereocenters. The fourth-order valence-corrected chi connectivity index (χ4v) is 2.27. The Labute approximate surface area is 110 Å². The van der Waals surface area contributed by atoms with E-state index in [1.807, 2.05) is 6.08 Å². The van der Waals surface area contributed by atoms with Crippen LogP contribution in [0.5, 0.6) is 0 Å². The normalized spacial score (nSPS) is 25.5. The molecule has 1 aliphatic rings. The molecule has 0 aromatic heterocycles. The van der Waals surface area contributed by atoms with Crippen LogP contribution in [0.2, 0.25) is 0 Å². The third-order valence-corrected chi connectivity index (χ3v) is 3.78. The van der Waals surface area contributed by atoms with Crippen molar-refractivity contribution in [2.24, 2.45) is 17.8 Å². The van der Waals surface area contributed by atoms with Crippen LogP contribution >= 0.6 is 0 Å². The molecule has 1 aliphatic carbocycles. The zero-order valence-electron chi connectivity index (χ0n) is 12.0. The second-order valence-electron chi connectivity index (χ2n) is 5.36.